The molecule has 1 atom stereocenters. The second kappa shape index (κ2) is 6.42. The molecule has 3 N–H and O–H groups in total. The first-order valence-corrected chi connectivity index (χ1v) is 4.24. The highest BCUT2D eigenvalue weighted by atomic mass is 16.5. The van der Waals surface area contributed by atoms with Crippen molar-refractivity contribution in [2.75, 3.05) is 13.2 Å². The van der Waals surface area contributed by atoms with E-state index >= 15 is 0 Å². The van der Waals surface area contributed by atoms with E-state index in [9.17, 15) is 9.59 Å². The molecule has 0 aliphatic rings. The molecule has 0 fully saturated rings. The van der Waals surface area contributed by atoms with Crippen LogP contribution in [-0.4, -0.2) is 31.1 Å². The van der Waals surface area contributed by atoms with Crippen LogP contribution in [0.15, 0.2) is 0 Å². The number of ether oxygens (including phenoxy) is 1. The zero-order chi connectivity index (χ0) is 10.3. The Hall–Kier alpha value is -1.10. The van der Waals surface area contributed by atoms with Crippen LogP contribution >= 0.6 is 0 Å². The lowest BCUT2D eigenvalue weighted by molar-refractivity contribution is -0.143. The minimum Gasteiger partial charge on any atom is -0.465 e. The predicted molar refractivity (Wildman–Crippen MR) is 47.9 cm³/mol. The van der Waals surface area contributed by atoms with Crippen molar-refractivity contribution in [2.45, 2.75) is 26.3 Å². The molecule has 0 aromatic carbocycles. The first-order chi connectivity index (χ1) is 6.06. The first kappa shape index (κ1) is 11.9. The van der Waals surface area contributed by atoms with Gasteiger partial charge in [0.2, 0.25) is 5.91 Å². The number of hydrogen-bond acceptors (Lipinski definition) is 4. The highest BCUT2D eigenvalue weighted by Crippen LogP contribution is 1.85. The van der Waals surface area contributed by atoms with Gasteiger partial charge in [0.05, 0.1) is 6.61 Å². The third kappa shape index (κ3) is 7.27. The van der Waals surface area contributed by atoms with Crippen molar-refractivity contribution < 1.29 is 14.3 Å². The molecular weight excluding hydrogens is 172 g/mol. The maximum atomic E-state index is 11.0. The van der Waals surface area contributed by atoms with Gasteiger partial charge in [0.1, 0.15) is 6.54 Å². The monoisotopic (exact) mass is 188 g/mol. The highest BCUT2D eigenvalue weighted by molar-refractivity contribution is 5.82. The summed E-state index contributed by atoms with van der Waals surface area (Å²) >= 11 is 0. The second-order valence-corrected chi connectivity index (χ2v) is 2.76. The lowest BCUT2D eigenvalue weighted by Gasteiger charge is -2.06. The fourth-order valence-electron chi connectivity index (χ4n) is 0.747. The van der Waals surface area contributed by atoms with Gasteiger partial charge < -0.3 is 15.8 Å². The Morgan fingerprint density at radius 3 is 2.62 bits per heavy atom. The Labute approximate surface area is 77.6 Å². The SMILES string of the molecule is CCOC(=O)CNC(=O)C[C@@H](C)N. The van der Waals surface area contributed by atoms with Crippen LogP contribution in [-0.2, 0) is 14.3 Å². The van der Waals surface area contributed by atoms with Gasteiger partial charge in [-0.2, -0.15) is 0 Å². The van der Waals surface area contributed by atoms with Crippen LogP contribution in [0.2, 0.25) is 0 Å². The Morgan fingerprint density at radius 1 is 1.54 bits per heavy atom. The average molecular weight is 188 g/mol. The molecule has 13 heavy (non-hydrogen) atoms. The summed E-state index contributed by atoms with van der Waals surface area (Å²) in [5, 5.41) is 2.41. The van der Waals surface area contributed by atoms with Gasteiger partial charge in [0, 0.05) is 12.5 Å². The van der Waals surface area contributed by atoms with E-state index < -0.39 is 5.97 Å². The maximum Gasteiger partial charge on any atom is 0.325 e. The van der Waals surface area contributed by atoms with E-state index in [-0.39, 0.29) is 24.9 Å². The molecule has 0 saturated heterocycles. The van der Waals surface area contributed by atoms with Gasteiger partial charge in [-0.15, -0.1) is 0 Å². The lowest BCUT2D eigenvalue weighted by Crippen LogP contribution is -2.34. The molecule has 5 heteroatoms. The van der Waals surface area contributed by atoms with Gasteiger partial charge in [0.25, 0.3) is 0 Å². The number of amides is 1. The number of nitrogens with one attached hydrogen (secondary N) is 1. The molecule has 1 amide bonds. The number of rotatable bonds is 5. The summed E-state index contributed by atoms with van der Waals surface area (Å²) in [6.45, 7) is 3.67. The van der Waals surface area contributed by atoms with Crippen LogP contribution in [0.1, 0.15) is 20.3 Å². The van der Waals surface area contributed by atoms with E-state index in [1.165, 1.54) is 0 Å². The minimum absolute atomic E-state index is 0.0839. The van der Waals surface area contributed by atoms with Crippen molar-refractivity contribution in [1.82, 2.24) is 5.32 Å². The highest BCUT2D eigenvalue weighted by Gasteiger charge is 2.07. The smallest absolute Gasteiger partial charge is 0.325 e. The van der Waals surface area contributed by atoms with Crippen molar-refractivity contribution in [3.63, 3.8) is 0 Å². The number of carbonyl (C=O) groups excluding carboxylic acids is 2. The van der Waals surface area contributed by atoms with E-state index in [1.807, 2.05) is 0 Å². The van der Waals surface area contributed by atoms with Crippen molar-refractivity contribution in [3.05, 3.63) is 0 Å². The standard InChI is InChI=1S/C8H16N2O3/c1-3-13-8(12)5-10-7(11)4-6(2)9/h6H,3-5,9H2,1-2H3,(H,10,11)/t6-/m1/s1. The molecule has 0 aliphatic heterocycles. The number of nitrogens with two attached hydrogens (primary N) is 1. The quantitative estimate of drug-likeness (QED) is 0.565. The molecular formula is C8H16N2O3. The predicted octanol–water partition coefficient (Wildman–Crippen LogP) is -0.597. The third-order valence-electron chi connectivity index (χ3n) is 1.24. The van der Waals surface area contributed by atoms with Gasteiger partial charge in [-0.25, -0.2) is 0 Å². The van der Waals surface area contributed by atoms with Crippen LogP contribution in [0.5, 0.6) is 0 Å². The first-order valence-electron chi connectivity index (χ1n) is 4.24. The summed E-state index contributed by atoms with van der Waals surface area (Å²) in [6.07, 6.45) is 0.222. The molecule has 0 spiro atoms. The van der Waals surface area contributed by atoms with Gasteiger partial charge in [0.15, 0.2) is 0 Å². The summed E-state index contributed by atoms with van der Waals surface area (Å²) < 4.78 is 4.61. The van der Waals surface area contributed by atoms with Gasteiger partial charge >= 0.3 is 5.97 Å². The molecule has 76 valence electrons. The molecule has 5 nitrogen and oxygen atoms in total. The van der Waals surface area contributed by atoms with Crippen LogP contribution in [0.3, 0.4) is 0 Å². The Kier molecular flexibility index (Phi) is 5.88. The molecule has 0 heterocycles. The molecule has 0 aromatic rings. The number of hydrogen-bond donors (Lipinski definition) is 2. The summed E-state index contributed by atoms with van der Waals surface area (Å²) in [5.41, 5.74) is 5.38. The van der Waals surface area contributed by atoms with Crippen LogP contribution in [0.4, 0.5) is 0 Å². The van der Waals surface area contributed by atoms with Crippen LogP contribution in [0.25, 0.3) is 0 Å². The average Bonchev–Trinajstić information content (AvgIpc) is 2.00. The van der Waals surface area contributed by atoms with Gasteiger partial charge in [-0.3, -0.25) is 9.59 Å². The van der Waals surface area contributed by atoms with Crippen LogP contribution in [0, 0.1) is 0 Å². The Balaban J connectivity index is 3.52. The molecule has 0 saturated carbocycles. The lowest BCUT2D eigenvalue weighted by atomic mass is 10.2. The molecule has 0 aliphatic carbocycles. The number of esters is 1. The van der Waals surface area contributed by atoms with Gasteiger partial charge in [-0.1, -0.05) is 0 Å². The fourth-order valence-corrected chi connectivity index (χ4v) is 0.747. The van der Waals surface area contributed by atoms with E-state index in [0.717, 1.165) is 0 Å². The molecule has 0 aromatic heterocycles. The Morgan fingerprint density at radius 2 is 2.15 bits per heavy atom. The minimum atomic E-state index is -0.430. The zero-order valence-corrected chi connectivity index (χ0v) is 8.00. The summed E-state index contributed by atoms with van der Waals surface area (Å²) in [7, 11) is 0. The van der Waals surface area contributed by atoms with E-state index in [4.69, 9.17) is 5.73 Å². The van der Waals surface area contributed by atoms with E-state index in [0.29, 0.717) is 6.61 Å². The van der Waals surface area contributed by atoms with Crippen molar-refractivity contribution in [1.29, 1.82) is 0 Å². The normalized spacial score (nSPS) is 11.9. The second-order valence-electron chi connectivity index (χ2n) is 2.76. The maximum absolute atomic E-state index is 11.0. The summed E-state index contributed by atoms with van der Waals surface area (Å²) in [5.74, 6) is -0.663. The van der Waals surface area contributed by atoms with Crippen molar-refractivity contribution in [3.8, 4) is 0 Å². The fraction of sp³-hybridized carbons (Fsp3) is 0.750. The summed E-state index contributed by atoms with van der Waals surface area (Å²) in [4.78, 5) is 21.7. The number of carbonyl (C=O) groups is 2. The van der Waals surface area contributed by atoms with Crippen molar-refractivity contribution >= 4 is 11.9 Å². The largest absolute Gasteiger partial charge is 0.465 e. The molecule has 0 radical (unpaired) electrons. The zero-order valence-electron chi connectivity index (χ0n) is 8.00. The summed E-state index contributed by atoms with van der Waals surface area (Å²) in [6, 6.07) is -0.192. The third-order valence-corrected chi connectivity index (χ3v) is 1.24. The van der Waals surface area contributed by atoms with Gasteiger partial charge in [-0.05, 0) is 13.8 Å². The Bertz CT molecular complexity index is 180. The molecule has 0 bridgehead atoms. The van der Waals surface area contributed by atoms with Crippen LogP contribution < -0.4 is 11.1 Å². The molecule has 0 unspecified atom stereocenters. The topological polar surface area (TPSA) is 81.4 Å². The van der Waals surface area contributed by atoms with E-state index in [1.54, 1.807) is 13.8 Å². The van der Waals surface area contributed by atoms with Crippen molar-refractivity contribution in [2.24, 2.45) is 5.73 Å². The van der Waals surface area contributed by atoms with E-state index in [2.05, 4.69) is 10.1 Å². The molecule has 0 rings (SSSR count).